The number of amidine groups is 1. The first-order valence-electron chi connectivity index (χ1n) is 5.07. The van der Waals surface area contributed by atoms with Gasteiger partial charge in [0.2, 0.25) is 6.19 Å². The molecule has 3 nitrogen and oxygen atoms in total. The van der Waals surface area contributed by atoms with E-state index in [1.807, 2.05) is 12.4 Å². The highest BCUT2D eigenvalue weighted by molar-refractivity contribution is 8.13. The fourth-order valence-corrected chi connectivity index (χ4v) is 1.99. The van der Waals surface area contributed by atoms with Gasteiger partial charge in [-0.3, -0.25) is 0 Å². The van der Waals surface area contributed by atoms with Crippen molar-refractivity contribution in [3.05, 3.63) is 0 Å². The number of nitriles is 1. The Morgan fingerprint density at radius 1 is 1.64 bits per heavy atom. The molecule has 0 heterocycles. The fraction of sp³-hybridized carbons (Fsp3) is 0.800. The summed E-state index contributed by atoms with van der Waals surface area (Å²) in [6.07, 6.45) is 7.65. The normalized spacial score (nSPS) is 16.5. The number of aliphatic imine (C=N–C) groups is 1. The van der Waals surface area contributed by atoms with E-state index in [4.69, 9.17) is 5.26 Å². The predicted octanol–water partition coefficient (Wildman–Crippen LogP) is 2.31. The van der Waals surface area contributed by atoms with Gasteiger partial charge in [-0.2, -0.15) is 5.26 Å². The number of nitrogens with zero attached hydrogens (tertiary/aromatic N) is 3. The van der Waals surface area contributed by atoms with Gasteiger partial charge in [0, 0.05) is 13.1 Å². The van der Waals surface area contributed by atoms with E-state index in [-0.39, 0.29) is 0 Å². The molecule has 4 heteroatoms. The van der Waals surface area contributed by atoms with Crippen LogP contribution in [0.4, 0.5) is 0 Å². The van der Waals surface area contributed by atoms with E-state index in [1.165, 1.54) is 12.8 Å². The SMILES string of the molecule is CCCN(CC1CC1)C(=NC#N)SC. The van der Waals surface area contributed by atoms with Crippen molar-refractivity contribution in [1.29, 1.82) is 5.26 Å². The average Bonchev–Trinajstić information content (AvgIpc) is 2.97. The molecule has 0 N–H and O–H groups in total. The Labute approximate surface area is 90.2 Å². The largest absolute Gasteiger partial charge is 0.350 e. The molecule has 1 aliphatic carbocycles. The molecule has 1 aliphatic rings. The molecule has 0 atom stereocenters. The maximum Gasteiger partial charge on any atom is 0.208 e. The first-order chi connectivity index (χ1) is 6.81. The molecule has 0 aromatic rings. The van der Waals surface area contributed by atoms with Crippen LogP contribution in [0.15, 0.2) is 4.99 Å². The van der Waals surface area contributed by atoms with Crippen molar-refractivity contribution in [2.24, 2.45) is 10.9 Å². The van der Waals surface area contributed by atoms with E-state index in [9.17, 15) is 0 Å². The second kappa shape index (κ2) is 5.92. The van der Waals surface area contributed by atoms with E-state index in [1.54, 1.807) is 11.8 Å². The highest BCUT2D eigenvalue weighted by Gasteiger charge is 2.25. The molecule has 0 radical (unpaired) electrons. The van der Waals surface area contributed by atoms with Crippen molar-refractivity contribution in [3.8, 4) is 6.19 Å². The molecular weight excluding hydrogens is 194 g/mol. The Bertz CT molecular complexity index is 240. The highest BCUT2D eigenvalue weighted by Crippen LogP contribution is 2.30. The third kappa shape index (κ3) is 3.59. The van der Waals surface area contributed by atoms with Gasteiger partial charge < -0.3 is 4.90 Å². The van der Waals surface area contributed by atoms with Crippen LogP contribution in [0.2, 0.25) is 0 Å². The summed E-state index contributed by atoms with van der Waals surface area (Å²) in [4.78, 5) is 6.10. The molecule has 0 amide bonds. The summed E-state index contributed by atoms with van der Waals surface area (Å²) in [5.41, 5.74) is 0. The van der Waals surface area contributed by atoms with Gasteiger partial charge >= 0.3 is 0 Å². The number of hydrogen-bond acceptors (Lipinski definition) is 3. The second-order valence-electron chi connectivity index (χ2n) is 3.59. The number of thioether (sulfide) groups is 1. The molecule has 1 rings (SSSR count). The molecule has 1 fully saturated rings. The summed E-state index contributed by atoms with van der Waals surface area (Å²) >= 11 is 1.57. The Morgan fingerprint density at radius 2 is 2.36 bits per heavy atom. The lowest BCUT2D eigenvalue weighted by molar-refractivity contribution is 0.406. The van der Waals surface area contributed by atoms with Gasteiger partial charge in [-0.1, -0.05) is 18.7 Å². The quantitative estimate of drug-likeness (QED) is 0.407. The smallest absolute Gasteiger partial charge is 0.208 e. The van der Waals surface area contributed by atoms with Gasteiger partial charge in [0.05, 0.1) is 0 Å². The van der Waals surface area contributed by atoms with E-state index < -0.39 is 0 Å². The standard InChI is InChI=1S/C10H17N3S/c1-3-6-13(7-9-4-5-9)10(14-2)12-8-11/h9H,3-7H2,1-2H3. The molecule has 1 saturated carbocycles. The van der Waals surface area contributed by atoms with Crippen LogP contribution in [0.3, 0.4) is 0 Å². The first kappa shape index (κ1) is 11.4. The third-order valence-corrected chi connectivity index (χ3v) is 2.98. The summed E-state index contributed by atoms with van der Waals surface area (Å²) in [6.45, 7) is 4.25. The van der Waals surface area contributed by atoms with Crippen LogP contribution >= 0.6 is 11.8 Å². The number of hydrogen-bond donors (Lipinski definition) is 0. The van der Waals surface area contributed by atoms with Crippen molar-refractivity contribution in [2.45, 2.75) is 26.2 Å². The van der Waals surface area contributed by atoms with Crippen LogP contribution in [0.5, 0.6) is 0 Å². The molecule has 0 aromatic heterocycles. The minimum atomic E-state index is 0.845. The lowest BCUT2D eigenvalue weighted by atomic mass is 10.3. The van der Waals surface area contributed by atoms with Gasteiger partial charge in [0.25, 0.3) is 0 Å². The summed E-state index contributed by atoms with van der Waals surface area (Å²) in [7, 11) is 0. The zero-order chi connectivity index (χ0) is 10.4. The van der Waals surface area contributed by atoms with Crippen LogP contribution < -0.4 is 0 Å². The van der Waals surface area contributed by atoms with Gasteiger partial charge in [-0.05, 0) is 31.4 Å². The van der Waals surface area contributed by atoms with Crippen molar-refractivity contribution < 1.29 is 0 Å². The van der Waals surface area contributed by atoms with Crippen LogP contribution in [-0.2, 0) is 0 Å². The summed E-state index contributed by atoms with van der Waals surface area (Å²) in [6, 6.07) is 0. The van der Waals surface area contributed by atoms with Gasteiger partial charge in [-0.15, -0.1) is 4.99 Å². The fourth-order valence-electron chi connectivity index (χ4n) is 1.44. The Kier molecular flexibility index (Phi) is 4.81. The predicted molar refractivity (Wildman–Crippen MR) is 61.2 cm³/mol. The van der Waals surface area contributed by atoms with E-state index in [0.717, 1.165) is 30.6 Å². The van der Waals surface area contributed by atoms with Crippen molar-refractivity contribution in [1.82, 2.24) is 4.90 Å². The Morgan fingerprint density at radius 3 is 2.79 bits per heavy atom. The summed E-state index contributed by atoms with van der Waals surface area (Å²) < 4.78 is 0. The van der Waals surface area contributed by atoms with E-state index >= 15 is 0 Å². The molecule has 78 valence electrons. The number of rotatable bonds is 4. The van der Waals surface area contributed by atoms with Gasteiger partial charge in [0.15, 0.2) is 5.17 Å². The van der Waals surface area contributed by atoms with Crippen molar-refractivity contribution >= 4 is 16.9 Å². The zero-order valence-corrected chi connectivity index (χ0v) is 9.68. The zero-order valence-electron chi connectivity index (χ0n) is 8.86. The summed E-state index contributed by atoms with van der Waals surface area (Å²) in [5.74, 6) is 0.845. The van der Waals surface area contributed by atoms with Crippen LogP contribution in [0.1, 0.15) is 26.2 Å². The second-order valence-corrected chi connectivity index (χ2v) is 4.36. The lowest BCUT2D eigenvalue weighted by Gasteiger charge is -2.23. The average molecular weight is 211 g/mol. The van der Waals surface area contributed by atoms with Crippen LogP contribution in [-0.4, -0.2) is 29.4 Å². The minimum absolute atomic E-state index is 0.845. The molecule has 0 bridgehead atoms. The Balaban J connectivity index is 2.53. The molecule has 0 unspecified atom stereocenters. The summed E-state index contributed by atoms with van der Waals surface area (Å²) in [5, 5.41) is 9.43. The van der Waals surface area contributed by atoms with E-state index in [0.29, 0.717) is 0 Å². The maximum absolute atomic E-state index is 8.56. The molecule has 0 aliphatic heterocycles. The minimum Gasteiger partial charge on any atom is -0.350 e. The maximum atomic E-state index is 8.56. The van der Waals surface area contributed by atoms with Gasteiger partial charge in [0.1, 0.15) is 0 Å². The molecule has 0 aromatic carbocycles. The topological polar surface area (TPSA) is 39.4 Å². The van der Waals surface area contributed by atoms with Crippen molar-refractivity contribution in [3.63, 3.8) is 0 Å². The first-order valence-corrected chi connectivity index (χ1v) is 6.30. The molecular formula is C10H17N3S. The van der Waals surface area contributed by atoms with Gasteiger partial charge in [-0.25, -0.2) is 0 Å². The molecule has 14 heavy (non-hydrogen) atoms. The highest BCUT2D eigenvalue weighted by atomic mass is 32.2. The van der Waals surface area contributed by atoms with Crippen LogP contribution in [0, 0.1) is 17.4 Å². The van der Waals surface area contributed by atoms with Crippen LogP contribution in [0.25, 0.3) is 0 Å². The third-order valence-electron chi connectivity index (χ3n) is 2.27. The van der Waals surface area contributed by atoms with E-state index in [2.05, 4.69) is 16.8 Å². The Hall–Kier alpha value is -0.690. The lowest BCUT2D eigenvalue weighted by Crippen LogP contribution is -2.31. The molecule has 0 spiro atoms. The molecule has 0 saturated heterocycles. The van der Waals surface area contributed by atoms with Crippen molar-refractivity contribution in [2.75, 3.05) is 19.3 Å². The monoisotopic (exact) mass is 211 g/mol.